The van der Waals surface area contributed by atoms with Crippen molar-refractivity contribution in [1.29, 1.82) is 0 Å². The van der Waals surface area contributed by atoms with Crippen molar-refractivity contribution in [1.82, 2.24) is 5.16 Å². The number of hydrogen-bond acceptors (Lipinski definition) is 7. The number of nitro groups is 1. The standard InChI is InChI=1S/C20H18N2O6/c1-13-18(14(2)28-21-13)12-26-19-6-4-3-5-17(19)20(23)27-11-15-7-9-16(10-8-15)22(24)25/h3-10H,11-12H2,1-2H3. The molecular weight excluding hydrogens is 364 g/mol. The molecule has 0 radical (unpaired) electrons. The van der Waals surface area contributed by atoms with Crippen LogP contribution in [0.4, 0.5) is 5.69 Å². The van der Waals surface area contributed by atoms with E-state index in [0.717, 1.165) is 11.3 Å². The van der Waals surface area contributed by atoms with Crippen LogP contribution in [0.25, 0.3) is 0 Å². The van der Waals surface area contributed by atoms with Crippen molar-refractivity contribution in [2.45, 2.75) is 27.1 Å². The Morgan fingerprint density at radius 2 is 1.82 bits per heavy atom. The zero-order chi connectivity index (χ0) is 20.1. The highest BCUT2D eigenvalue weighted by Crippen LogP contribution is 2.23. The van der Waals surface area contributed by atoms with Gasteiger partial charge in [0.15, 0.2) is 0 Å². The summed E-state index contributed by atoms with van der Waals surface area (Å²) in [4.78, 5) is 22.7. The lowest BCUT2D eigenvalue weighted by atomic mass is 10.2. The molecule has 3 aromatic rings. The highest BCUT2D eigenvalue weighted by atomic mass is 16.6. The maximum atomic E-state index is 12.5. The maximum Gasteiger partial charge on any atom is 0.342 e. The molecule has 0 aliphatic heterocycles. The molecule has 0 saturated carbocycles. The number of carbonyl (C=O) groups is 1. The molecule has 0 N–H and O–H groups in total. The maximum absolute atomic E-state index is 12.5. The van der Waals surface area contributed by atoms with Crippen LogP contribution >= 0.6 is 0 Å². The third kappa shape index (κ3) is 4.35. The largest absolute Gasteiger partial charge is 0.488 e. The molecule has 1 aromatic heterocycles. The van der Waals surface area contributed by atoms with E-state index in [-0.39, 0.29) is 24.5 Å². The number of carbonyl (C=O) groups excluding carboxylic acids is 1. The average molecular weight is 382 g/mol. The van der Waals surface area contributed by atoms with Crippen LogP contribution in [-0.2, 0) is 18.0 Å². The molecule has 28 heavy (non-hydrogen) atoms. The molecule has 0 spiro atoms. The van der Waals surface area contributed by atoms with Gasteiger partial charge in [0.05, 0.1) is 16.2 Å². The van der Waals surface area contributed by atoms with Crippen LogP contribution in [0, 0.1) is 24.0 Å². The zero-order valence-corrected chi connectivity index (χ0v) is 15.4. The van der Waals surface area contributed by atoms with Gasteiger partial charge in [-0.25, -0.2) is 4.79 Å². The van der Waals surface area contributed by atoms with Crippen LogP contribution < -0.4 is 4.74 Å². The minimum Gasteiger partial charge on any atom is -0.488 e. The SMILES string of the molecule is Cc1noc(C)c1COc1ccccc1C(=O)OCc1ccc([N+](=O)[O-])cc1. The topological polar surface area (TPSA) is 105 Å². The van der Waals surface area contributed by atoms with E-state index in [4.69, 9.17) is 14.0 Å². The van der Waals surface area contributed by atoms with Gasteiger partial charge in [-0.1, -0.05) is 17.3 Å². The van der Waals surface area contributed by atoms with Crippen LogP contribution in [0.15, 0.2) is 53.1 Å². The van der Waals surface area contributed by atoms with E-state index >= 15 is 0 Å². The molecule has 8 nitrogen and oxygen atoms in total. The Morgan fingerprint density at radius 3 is 2.46 bits per heavy atom. The number of non-ortho nitro benzene ring substituents is 1. The Hall–Kier alpha value is -3.68. The van der Waals surface area contributed by atoms with Crippen molar-refractivity contribution in [3.8, 4) is 5.75 Å². The van der Waals surface area contributed by atoms with E-state index in [1.54, 1.807) is 43.3 Å². The molecule has 1 heterocycles. The summed E-state index contributed by atoms with van der Waals surface area (Å²) in [5.41, 5.74) is 2.47. The molecule has 0 aliphatic carbocycles. The third-order valence-corrected chi connectivity index (χ3v) is 4.18. The fourth-order valence-electron chi connectivity index (χ4n) is 2.56. The van der Waals surface area contributed by atoms with Gasteiger partial charge in [0.2, 0.25) is 0 Å². The molecule has 144 valence electrons. The second kappa shape index (κ2) is 8.34. The lowest BCUT2D eigenvalue weighted by Crippen LogP contribution is -2.08. The number of ether oxygens (including phenoxy) is 2. The number of benzene rings is 2. The van der Waals surface area contributed by atoms with Crippen molar-refractivity contribution in [3.05, 3.63) is 86.8 Å². The van der Waals surface area contributed by atoms with Crippen molar-refractivity contribution in [2.75, 3.05) is 0 Å². The fraction of sp³-hybridized carbons (Fsp3) is 0.200. The predicted molar refractivity (Wildman–Crippen MR) is 99.0 cm³/mol. The Kier molecular flexibility index (Phi) is 5.69. The molecule has 3 rings (SSSR count). The molecule has 0 amide bonds. The van der Waals surface area contributed by atoms with Crippen molar-refractivity contribution in [3.63, 3.8) is 0 Å². The van der Waals surface area contributed by atoms with Gasteiger partial charge in [0.1, 0.15) is 30.3 Å². The molecule has 2 aromatic carbocycles. The number of aryl methyl sites for hydroxylation is 2. The molecule has 0 bridgehead atoms. The normalized spacial score (nSPS) is 10.5. The minimum absolute atomic E-state index is 0.00493. The lowest BCUT2D eigenvalue weighted by Gasteiger charge is -2.11. The van der Waals surface area contributed by atoms with E-state index in [2.05, 4.69) is 5.16 Å². The van der Waals surface area contributed by atoms with Crippen molar-refractivity contribution < 1.29 is 23.7 Å². The first kappa shape index (κ1) is 19.1. The van der Waals surface area contributed by atoms with Crippen LogP contribution in [0.5, 0.6) is 5.75 Å². The monoisotopic (exact) mass is 382 g/mol. The molecule has 0 unspecified atom stereocenters. The van der Waals surface area contributed by atoms with Gasteiger partial charge in [-0.15, -0.1) is 0 Å². The third-order valence-electron chi connectivity index (χ3n) is 4.18. The first-order chi connectivity index (χ1) is 13.5. The van der Waals surface area contributed by atoms with Crippen molar-refractivity contribution >= 4 is 11.7 Å². The number of nitrogens with zero attached hydrogens (tertiary/aromatic N) is 2. The summed E-state index contributed by atoms with van der Waals surface area (Å²) < 4.78 is 16.2. The smallest absolute Gasteiger partial charge is 0.342 e. The van der Waals surface area contributed by atoms with Crippen LogP contribution in [-0.4, -0.2) is 16.0 Å². The molecule has 0 fully saturated rings. The number of aromatic nitrogens is 1. The van der Waals surface area contributed by atoms with E-state index in [0.29, 0.717) is 17.1 Å². The van der Waals surface area contributed by atoms with Gasteiger partial charge in [-0.3, -0.25) is 10.1 Å². The number of hydrogen-bond donors (Lipinski definition) is 0. The summed E-state index contributed by atoms with van der Waals surface area (Å²) in [6.45, 7) is 3.82. The summed E-state index contributed by atoms with van der Waals surface area (Å²) in [7, 11) is 0. The Labute approximate surface area is 160 Å². The van der Waals surface area contributed by atoms with E-state index in [1.807, 2.05) is 6.92 Å². The molecule has 0 atom stereocenters. The lowest BCUT2D eigenvalue weighted by molar-refractivity contribution is -0.384. The average Bonchev–Trinajstić information content (AvgIpc) is 3.02. The van der Waals surface area contributed by atoms with Gasteiger partial charge >= 0.3 is 5.97 Å². The fourth-order valence-corrected chi connectivity index (χ4v) is 2.56. The Morgan fingerprint density at radius 1 is 1.11 bits per heavy atom. The second-order valence-electron chi connectivity index (χ2n) is 6.09. The molecular formula is C20H18N2O6. The molecule has 0 aliphatic rings. The van der Waals surface area contributed by atoms with Gasteiger partial charge < -0.3 is 14.0 Å². The summed E-state index contributed by atoms with van der Waals surface area (Å²) in [5, 5.41) is 14.6. The first-order valence-corrected chi connectivity index (χ1v) is 8.49. The number of nitro benzene ring substituents is 1. The van der Waals surface area contributed by atoms with Crippen LogP contribution in [0.3, 0.4) is 0 Å². The zero-order valence-electron chi connectivity index (χ0n) is 15.4. The number of rotatable bonds is 7. The van der Waals surface area contributed by atoms with Gasteiger partial charge in [0.25, 0.3) is 5.69 Å². The van der Waals surface area contributed by atoms with E-state index < -0.39 is 10.9 Å². The van der Waals surface area contributed by atoms with Crippen molar-refractivity contribution in [2.24, 2.45) is 0 Å². The molecule has 8 heteroatoms. The summed E-state index contributed by atoms with van der Waals surface area (Å²) in [6.07, 6.45) is 0. The Bertz CT molecular complexity index is 975. The first-order valence-electron chi connectivity index (χ1n) is 8.49. The van der Waals surface area contributed by atoms with Gasteiger partial charge in [-0.2, -0.15) is 0 Å². The number of para-hydroxylation sites is 1. The van der Waals surface area contributed by atoms with Crippen LogP contribution in [0.2, 0.25) is 0 Å². The Balaban J connectivity index is 1.66. The van der Waals surface area contributed by atoms with Crippen LogP contribution in [0.1, 0.15) is 32.9 Å². The summed E-state index contributed by atoms with van der Waals surface area (Å²) >= 11 is 0. The minimum atomic E-state index is -0.548. The second-order valence-corrected chi connectivity index (χ2v) is 6.09. The van der Waals surface area contributed by atoms with Gasteiger partial charge in [0, 0.05) is 12.1 Å². The summed E-state index contributed by atoms with van der Waals surface area (Å²) in [6, 6.07) is 12.6. The highest BCUT2D eigenvalue weighted by Gasteiger charge is 2.16. The summed E-state index contributed by atoms with van der Waals surface area (Å²) in [5.74, 6) is 0.500. The van der Waals surface area contributed by atoms with Gasteiger partial charge in [-0.05, 0) is 43.7 Å². The predicted octanol–water partition coefficient (Wildman–Crippen LogP) is 4.14. The van der Waals surface area contributed by atoms with E-state index in [1.165, 1.54) is 12.1 Å². The van der Waals surface area contributed by atoms with E-state index in [9.17, 15) is 14.9 Å². The quantitative estimate of drug-likeness (QED) is 0.343. The molecule has 0 saturated heterocycles. The highest BCUT2D eigenvalue weighted by molar-refractivity contribution is 5.92. The number of esters is 1.